The Morgan fingerprint density at radius 3 is 2.71 bits per heavy atom. The molecule has 3 rings (SSSR count). The van der Waals surface area contributed by atoms with Gasteiger partial charge in [0.15, 0.2) is 0 Å². The van der Waals surface area contributed by atoms with Crippen molar-refractivity contribution in [2.24, 2.45) is 0 Å². The average Bonchev–Trinajstić information content (AvgIpc) is 2.86. The zero-order valence-electron chi connectivity index (χ0n) is 11.5. The molecule has 0 radical (unpaired) electrons. The molecule has 0 atom stereocenters. The van der Waals surface area contributed by atoms with Gasteiger partial charge in [0.2, 0.25) is 11.2 Å². The minimum Gasteiger partial charge on any atom is -0.438 e. The fourth-order valence-corrected chi connectivity index (χ4v) is 3.25. The first kappa shape index (κ1) is 14.6. The second kappa shape index (κ2) is 5.79. The maximum atomic E-state index is 6.03. The Bertz CT molecular complexity index is 817. The highest BCUT2D eigenvalue weighted by Gasteiger charge is 2.13. The lowest BCUT2D eigenvalue weighted by atomic mass is 10.2. The van der Waals surface area contributed by atoms with Crippen molar-refractivity contribution < 1.29 is 4.74 Å². The first-order valence-electron chi connectivity index (χ1n) is 6.46. The molecule has 21 heavy (non-hydrogen) atoms. The van der Waals surface area contributed by atoms with Gasteiger partial charge in [0.05, 0.1) is 5.39 Å². The van der Waals surface area contributed by atoms with Crippen LogP contribution in [0.2, 0.25) is 10.3 Å². The number of aryl methyl sites for hydroxylation is 2. The van der Waals surface area contributed by atoms with Gasteiger partial charge in [0, 0.05) is 9.90 Å². The van der Waals surface area contributed by atoms with Gasteiger partial charge < -0.3 is 4.74 Å². The Balaban J connectivity index is 2.06. The Labute approximate surface area is 136 Å². The van der Waals surface area contributed by atoms with Crippen LogP contribution in [0.25, 0.3) is 10.2 Å². The number of benzene rings is 1. The number of fused-ring (bicyclic) bond motifs is 1. The lowest BCUT2D eigenvalue weighted by Gasteiger charge is -2.07. The molecule has 1 aromatic carbocycles. The second-order valence-corrected chi connectivity index (χ2v) is 6.46. The van der Waals surface area contributed by atoms with Crippen LogP contribution in [-0.2, 0) is 6.42 Å². The van der Waals surface area contributed by atoms with Crippen molar-refractivity contribution in [2.45, 2.75) is 20.3 Å². The summed E-state index contributed by atoms with van der Waals surface area (Å²) in [5, 5.41) is 1.78. The normalized spacial score (nSPS) is 11.0. The molecule has 3 aromatic rings. The molecular formula is C15H12Cl2N2OS. The summed E-state index contributed by atoms with van der Waals surface area (Å²) in [5.41, 5.74) is 0.949. The highest BCUT2D eigenvalue weighted by molar-refractivity contribution is 7.18. The summed E-state index contributed by atoms with van der Waals surface area (Å²) in [6, 6.07) is 7.54. The summed E-state index contributed by atoms with van der Waals surface area (Å²) in [5.74, 6) is 1.15. The van der Waals surface area contributed by atoms with Gasteiger partial charge in [-0.05, 0) is 54.8 Å². The van der Waals surface area contributed by atoms with Gasteiger partial charge in [-0.25, -0.2) is 4.98 Å². The number of aromatic nitrogens is 2. The molecule has 0 spiro atoms. The van der Waals surface area contributed by atoms with Crippen LogP contribution in [-0.4, -0.2) is 9.97 Å². The van der Waals surface area contributed by atoms with Gasteiger partial charge in [-0.3, -0.25) is 0 Å². The Morgan fingerprint density at radius 1 is 1.19 bits per heavy atom. The molecule has 2 aromatic heterocycles. The van der Waals surface area contributed by atoms with Crippen LogP contribution in [0.4, 0.5) is 0 Å². The van der Waals surface area contributed by atoms with Crippen molar-refractivity contribution in [1.29, 1.82) is 0 Å². The van der Waals surface area contributed by atoms with E-state index in [1.807, 2.05) is 19.1 Å². The van der Waals surface area contributed by atoms with E-state index in [2.05, 4.69) is 23.0 Å². The molecule has 0 aliphatic rings. The van der Waals surface area contributed by atoms with Crippen molar-refractivity contribution in [1.82, 2.24) is 9.97 Å². The SMILES string of the molecule is CCc1cc2c(Oc3ccc(Cl)c(C)c3)nc(Cl)nc2s1. The number of ether oxygens (including phenoxy) is 1. The summed E-state index contributed by atoms with van der Waals surface area (Å²) < 4.78 is 5.88. The molecule has 0 amide bonds. The smallest absolute Gasteiger partial charge is 0.232 e. The highest BCUT2D eigenvalue weighted by atomic mass is 35.5. The standard InChI is InChI=1S/C15H12Cl2N2OS/c1-3-10-7-11-13(18-15(17)19-14(11)21-10)20-9-4-5-12(16)8(2)6-9/h4-7H,3H2,1-2H3. The van der Waals surface area contributed by atoms with E-state index < -0.39 is 0 Å². The van der Waals surface area contributed by atoms with Crippen molar-refractivity contribution >= 4 is 44.8 Å². The summed E-state index contributed by atoms with van der Waals surface area (Å²) >= 11 is 13.6. The number of hydrogen-bond acceptors (Lipinski definition) is 4. The van der Waals surface area contributed by atoms with Gasteiger partial charge in [0.25, 0.3) is 0 Å². The Morgan fingerprint density at radius 2 is 2.00 bits per heavy atom. The van der Waals surface area contributed by atoms with E-state index in [0.29, 0.717) is 16.7 Å². The summed E-state index contributed by atoms with van der Waals surface area (Å²) in [6.07, 6.45) is 0.943. The molecule has 0 aliphatic heterocycles. The highest BCUT2D eigenvalue weighted by Crippen LogP contribution is 2.34. The molecule has 0 aliphatic carbocycles. The molecule has 108 valence electrons. The first-order chi connectivity index (χ1) is 10.1. The van der Waals surface area contributed by atoms with Crippen molar-refractivity contribution in [3.63, 3.8) is 0 Å². The molecule has 0 unspecified atom stereocenters. The Kier molecular flexibility index (Phi) is 4.02. The molecule has 3 nitrogen and oxygen atoms in total. The molecule has 0 bridgehead atoms. The topological polar surface area (TPSA) is 35.0 Å². The second-order valence-electron chi connectivity index (χ2n) is 4.60. The van der Waals surface area contributed by atoms with Gasteiger partial charge >= 0.3 is 0 Å². The van der Waals surface area contributed by atoms with Gasteiger partial charge in [-0.1, -0.05) is 18.5 Å². The number of thiophene rings is 1. The van der Waals surface area contributed by atoms with Gasteiger partial charge in [0.1, 0.15) is 10.6 Å². The predicted octanol–water partition coefficient (Wildman–Crippen LogP) is 5.66. The zero-order chi connectivity index (χ0) is 15.0. The summed E-state index contributed by atoms with van der Waals surface area (Å²) in [7, 11) is 0. The molecule has 0 fully saturated rings. The van der Waals surface area contributed by atoms with Crippen molar-refractivity contribution in [2.75, 3.05) is 0 Å². The molecule has 0 saturated carbocycles. The maximum Gasteiger partial charge on any atom is 0.232 e. The lowest BCUT2D eigenvalue weighted by molar-refractivity contribution is 0.468. The number of rotatable bonds is 3. The molecule has 6 heteroatoms. The monoisotopic (exact) mass is 338 g/mol. The predicted molar refractivity (Wildman–Crippen MR) is 88.1 cm³/mol. The van der Waals surface area contributed by atoms with E-state index in [-0.39, 0.29) is 5.28 Å². The Hall–Kier alpha value is -1.36. The molecule has 2 heterocycles. The fourth-order valence-electron chi connectivity index (χ4n) is 1.96. The number of halogens is 2. The first-order valence-corrected chi connectivity index (χ1v) is 8.04. The van der Waals surface area contributed by atoms with E-state index in [0.717, 1.165) is 22.2 Å². The fraction of sp³-hybridized carbons (Fsp3) is 0.200. The minimum atomic E-state index is 0.188. The minimum absolute atomic E-state index is 0.188. The third-order valence-electron chi connectivity index (χ3n) is 3.07. The van der Waals surface area contributed by atoms with E-state index in [9.17, 15) is 0 Å². The molecular weight excluding hydrogens is 327 g/mol. The zero-order valence-corrected chi connectivity index (χ0v) is 13.8. The number of hydrogen-bond donors (Lipinski definition) is 0. The lowest BCUT2D eigenvalue weighted by Crippen LogP contribution is -1.91. The van der Waals surface area contributed by atoms with Gasteiger partial charge in [-0.2, -0.15) is 4.98 Å². The summed E-state index contributed by atoms with van der Waals surface area (Å²) in [4.78, 5) is 10.5. The van der Waals surface area contributed by atoms with Crippen LogP contribution in [0.15, 0.2) is 24.3 Å². The van der Waals surface area contributed by atoms with E-state index in [1.54, 1.807) is 17.4 Å². The van der Waals surface area contributed by atoms with Crippen LogP contribution in [0.1, 0.15) is 17.4 Å². The maximum absolute atomic E-state index is 6.03. The van der Waals surface area contributed by atoms with Crippen LogP contribution < -0.4 is 4.74 Å². The third-order valence-corrected chi connectivity index (χ3v) is 4.84. The van der Waals surface area contributed by atoms with Crippen molar-refractivity contribution in [3.05, 3.63) is 45.0 Å². The van der Waals surface area contributed by atoms with E-state index in [4.69, 9.17) is 27.9 Å². The number of nitrogens with zero attached hydrogens (tertiary/aromatic N) is 2. The van der Waals surface area contributed by atoms with Crippen molar-refractivity contribution in [3.8, 4) is 11.6 Å². The summed E-state index contributed by atoms with van der Waals surface area (Å²) in [6.45, 7) is 4.03. The molecule has 0 N–H and O–H groups in total. The largest absolute Gasteiger partial charge is 0.438 e. The van der Waals surface area contributed by atoms with Crippen LogP contribution in [0, 0.1) is 6.92 Å². The van der Waals surface area contributed by atoms with E-state index in [1.165, 1.54) is 4.88 Å². The average molecular weight is 339 g/mol. The molecule has 0 saturated heterocycles. The van der Waals surface area contributed by atoms with E-state index >= 15 is 0 Å². The van der Waals surface area contributed by atoms with Crippen LogP contribution in [0.3, 0.4) is 0 Å². The third kappa shape index (κ3) is 2.98. The van der Waals surface area contributed by atoms with Crippen LogP contribution >= 0.6 is 34.5 Å². The van der Waals surface area contributed by atoms with Crippen LogP contribution in [0.5, 0.6) is 11.6 Å². The van der Waals surface area contributed by atoms with Gasteiger partial charge in [-0.15, -0.1) is 11.3 Å². The quantitative estimate of drug-likeness (QED) is 0.578.